The zero-order valence-electron chi connectivity index (χ0n) is 20.9. The normalized spacial score (nSPS) is 14.3. The third kappa shape index (κ3) is 6.89. The van der Waals surface area contributed by atoms with E-state index >= 15 is 0 Å². The highest BCUT2D eigenvalue weighted by Gasteiger charge is 2.33. The van der Waals surface area contributed by atoms with Crippen molar-refractivity contribution < 1.29 is 14.6 Å². The van der Waals surface area contributed by atoms with Crippen LogP contribution in [0.15, 0.2) is 24.3 Å². The summed E-state index contributed by atoms with van der Waals surface area (Å²) in [5, 5.41) is 11.2. The second kappa shape index (κ2) is 10.0. The summed E-state index contributed by atoms with van der Waals surface area (Å²) in [6.45, 7) is 23.1. The number of phenols is 1. The SMILES string of the molecule is C=C(C)C(=O)OCC(CC)(CCCC)Cc1cc(C(C)(C)C)cc(C(C)(C)C)c1O. The van der Waals surface area contributed by atoms with Crippen LogP contribution in [0.3, 0.4) is 0 Å². The monoisotopic (exact) mass is 416 g/mol. The van der Waals surface area contributed by atoms with Gasteiger partial charge in [-0.05, 0) is 53.7 Å². The largest absolute Gasteiger partial charge is 0.507 e. The van der Waals surface area contributed by atoms with E-state index in [1.54, 1.807) is 6.92 Å². The predicted octanol–water partition coefficient (Wildman–Crippen LogP) is 7.24. The van der Waals surface area contributed by atoms with Crippen molar-refractivity contribution in [2.75, 3.05) is 6.61 Å². The van der Waals surface area contributed by atoms with Crippen LogP contribution >= 0.6 is 0 Å². The summed E-state index contributed by atoms with van der Waals surface area (Å²) in [5.41, 5.74) is 3.19. The van der Waals surface area contributed by atoms with Gasteiger partial charge >= 0.3 is 5.97 Å². The van der Waals surface area contributed by atoms with Crippen molar-refractivity contribution in [2.24, 2.45) is 5.41 Å². The summed E-state index contributed by atoms with van der Waals surface area (Å²) < 4.78 is 5.64. The Hall–Kier alpha value is -1.77. The number of hydrogen-bond acceptors (Lipinski definition) is 3. The lowest BCUT2D eigenvalue weighted by Crippen LogP contribution is -2.31. The van der Waals surface area contributed by atoms with Gasteiger partial charge in [-0.25, -0.2) is 4.79 Å². The van der Waals surface area contributed by atoms with E-state index in [2.05, 4.69) is 74.1 Å². The van der Waals surface area contributed by atoms with Crippen LogP contribution in [0.5, 0.6) is 5.75 Å². The van der Waals surface area contributed by atoms with Gasteiger partial charge < -0.3 is 9.84 Å². The van der Waals surface area contributed by atoms with Crippen molar-refractivity contribution >= 4 is 5.97 Å². The molecule has 3 nitrogen and oxygen atoms in total. The van der Waals surface area contributed by atoms with E-state index in [1.165, 1.54) is 5.56 Å². The van der Waals surface area contributed by atoms with Gasteiger partial charge in [0.05, 0.1) is 6.61 Å². The lowest BCUT2D eigenvalue weighted by Gasteiger charge is -2.34. The number of rotatable bonds is 9. The van der Waals surface area contributed by atoms with Gasteiger partial charge in [-0.15, -0.1) is 0 Å². The van der Waals surface area contributed by atoms with Crippen molar-refractivity contribution in [1.29, 1.82) is 0 Å². The Morgan fingerprint density at radius 1 is 1.07 bits per heavy atom. The molecule has 3 heteroatoms. The number of carbonyl (C=O) groups is 1. The fourth-order valence-electron chi connectivity index (χ4n) is 3.75. The highest BCUT2D eigenvalue weighted by atomic mass is 16.5. The number of unbranched alkanes of at least 4 members (excludes halogenated alkanes) is 1. The summed E-state index contributed by atoms with van der Waals surface area (Å²) in [6.07, 6.45) is 4.65. The molecule has 1 unspecified atom stereocenters. The molecular formula is C27H44O3. The zero-order chi connectivity index (χ0) is 23.3. The van der Waals surface area contributed by atoms with E-state index in [-0.39, 0.29) is 22.2 Å². The van der Waals surface area contributed by atoms with E-state index in [0.29, 0.717) is 24.4 Å². The molecule has 0 saturated carbocycles. The Morgan fingerprint density at radius 2 is 1.67 bits per heavy atom. The molecule has 0 amide bonds. The minimum atomic E-state index is -0.340. The molecule has 0 aliphatic rings. The maximum Gasteiger partial charge on any atom is 0.333 e. The van der Waals surface area contributed by atoms with E-state index in [9.17, 15) is 9.90 Å². The average Bonchev–Trinajstić information content (AvgIpc) is 2.63. The van der Waals surface area contributed by atoms with Crippen LogP contribution in [-0.4, -0.2) is 17.7 Å². The number of aromatic hydroxyl groups is 1. The Labute approximate surface area is 184 Å². The number of ether oxygens (including phenoxy) is 1. The molecular weight excluding hydrogens is 372 g/mol. The molecule has 0 aliphatic heterocycles. The molecule has 0 aromatic heterocycles. The molecule has 1 rings (SSSR count). The first-order chi connectivity index (χ1) is 13.7. The minimum absolute atomic E-state index is 0.0207. The molecule has 0 aliphatic carbocycles. The van der Waals surface area contributed by atoms with E-state index in [0.717, 1.165) is 36.8 Å². The van der Waals surface area contributed by atoms with Gasteiger partial charge in [0, 0.05) is 11.0 Å². The van der Waals surface area contributed by atoms with Crippen LogP contribution in [-0.2, 0) is 26.8 Å². The first kappa shape index (κ1) is 26.3. The van der Waals surface area contributed by atoms with Crippen molar-refractivity contribution in [2.45, 2.75) is 105 Å². The lowest BCUT2D eigenvalue weighted by atomic mass is 9.73. The molecule has 0 spiro atoms. The number of phenolic OH excluding ortho intramolecular Hbond substituents is 1. The highest BCUT2D eigenvalue weighted by molar-refractivity contribution is 5.86. The molecule has 1 aromatic rings. The van der Waals surface area contributed by atoms with Gasteiger partial charge in [-0.3, -0.25) is 0 Å². The van der Waals surface area contributed by atoms with Crippen molar-refractivity contribution in [1.82, 2.24) is 0 Å². The maximum absolute atomic E-state index is 12.1. The van der Waals surface area contributed by atoms with Crippen LogP contribution in [0.4, 0.5) is 0 Å². The highest BCUT2D eigenvalue weighted by Crippen LogP contribution is 2.42. The standard InChI is InChI=1S/C27H44O3/c1-11-13-14-27(12-2,18-30-24(29)19(3)4)17-20-15-21(25(5,6)7)16-22(23(20)28)26(8,9)10/h15-16,28H,3,11-14,17-18H2,1-2,4-10H3. The fourth-order valence-corrected chi connectivity index (χ4v) is 3.75. The van der Waals surface area contributed by atoms with Gasteiger partial charge in [0.25, 0.3) is 0 Å². The van der Waals surface area contributed by atoms with Crippen LogP contribution in [0.25, 0.3) is 0 Å². The van der Waals surface area contributed by atoms with Gasteiger partial charge in [0.1, 0.15) is 5.75 Å². The van der Waals surface area contributed by atoms with Crippen molar-refractivity contribution in [3.8, 4) is 5.75 Å². The molecule has 1 aromatic carbocycles. The van der Waals surface area contributed by atoms with Crippen molar-refractivity contribution in [3.63, 3.8) is 0 Å². The molecule has 170 valence electrons. The molecule has 0 saturated heterocycles. The summed E-state index contributed by atoms with van der Waals surface area (Å²) in [6, 6.07) is 4.31. The summed E-state index contributed by atoms with van der Waals surface area (Å²) >= 11 is 0. The first-order valence-corrected chi connectivity index (χ1v) is 11.4. The van der Waals surface area contributed by atoms with Gasteiger partial charge in [-0.1, -0.05) is 86.9 Å². The molecule has 0 bridgehead atoms. The van der Waals surface area contributed by atoms with Crippen LogP contribution < -0.4 is 0 Å². The predicted molar refractivity (Wildman–Crippen MR) is 127 cm³/mol. The smallest absolute Gasteiger partial charge is 0.333 e. The summed E-state index contributed by atoms with van der Waals surface area (Å²) in [4.78, 5) is 12.1. The van der Waals surface area contributed by atoms with E-state index in [4.69, 9.17) is 4.74 Å². The molecule has 30 heavy (non-hydrogen) atoms. The van der Waals surface area contributed by atoms with Crippen molar-refractivity contribution in [3.05, 3.63) is 41.0 Å². The molecule has 1 N–H and O–H groups in total. The van der Waals surface area contributed by atoms with Gasteiger partial charge in [-0.2, -0.15) is 0 Å². The second-order valence-corrected chi connectivity index (χ2v) is 11.0. The fraction of sp³-hybridized carbons (Fsp3) is 0.667. The molecule has 0 radical (unpaired) electrons. The third-order valence-corrected chi connectivity index (χ3v) is 6.10. The number of carbonyl (C=O) groups excluding carboxylic acids is 1. The molecule has 0 heterocycles. The molecule has 1 atom stereocenters. The van der Waals surface area contributed by atoms with Gasteiger partial charge in [0.2, 0.25) is 0 Å². The van der Waals surface area contributed by atoms with E-state index < -0.39 is 0 Å². The zero-order valence-corrected chi connectivity index (χ0v) is 20.9. The quantitative estimate of drug-likeness (QED) is 0.341. The number of hydrogen-bond donors (Lipinski definition) is 1. The number of benzene rings is 1. The lowest BCUT2D eigenvalue weighted by molar-refractivity contribution is -0.142. The second-order valence-electron chi connectivity index (χ2n) is 11.0. The van der Waals surface area contributed by atoms with Crippen LogP contribution in [0, 0.1) is 5.41 Å². The number of esters is 1. The molecule has 0 fully saturated rings. The topological polar surface area (TPSA) is 46.5 Å². The van der Waals surface area contributed by atoms with Crippen LogP contribution in [0.1, 0.15) is 105 Å². The summed E-state index contributed by atoms with van der Waals surface area (Å²) in [5.74, 6) is 0.0448. The average molecular weight is 417 g/mol. The van der Waals surface area contributed by atoms with Crippen LogP contribution in [0.2, 0.25) is 0 Å². The van der Waals surface area contributed by atoms with Gasteiger partial charge in [0.15, 0.2) is 0 Å². The Kier molecular flexibility index (Phi) is 8.78. The Morgan fingerprint density at radius 3 is 2.10 bits per heavy atom. The Bertz CT molecular complexity index is 747. The van der Waals surface area contributed by atoms with E-state index in [1.807, 2.05) is 0 Å². The first-order valence-electron chi connectivity index (χ1n) is 11.4. The maximum atomic E-state index is 12.1. The third-order valence-electron chi connectivity index (χ3n) is 6.10. The summed E-state index contributed by atoms with van der Waals surface area (Å²) in [7, 11) is 0. The Balaban J connectivity index is 3.48. The minimum Gasteiger partial charge on any atom is -0.507 e.